The predicted octanol–water partition coefficient (Wildman–Crippen LogP) is 3.61. The number of hydrogen-bond acceptors (Lipinski definition) is 0. The van der Waals surface area contributed by atoms with Gasteiger partial charge in [0.05, 0.1) is 0 Å². The van der Waals surface area contributed by atoms with Crippen molar-refractivity contribution in [3.05, 3.63) is 273 Å². The van der Waals surface area contributed by atoms with Gasteiger partial charge < -0.3 is 12.4 Å². The summed E-state index contributed by atoms with van der Waals surface area (Å²) in [6.45, 7) is 0. The minimum absolute atomic E-state index is 0. The standard InChI is InChI=1S/3C18H15As.ClH.Rh/c3*1-4-10-16(11-5-1)19(17-12-6-2-7-13-17)18-14-8-3-9-15-18;;/h3*1-15H;1H;/p-1. The fraction of sp³-hybridized carbons (Fsp3) is 0. The Balaban J connectivity index is 0.000000165. The van der Waals surface area contributed by atoms with Crippen LogP contribution in [0.1, 0.15) is 0 Å². The molecule has 0 amide bonds. The zero-order chi connectivity index (χ0) is 38.7. The average Bonchev–Trinajstić information content (AvgIpc) is 3.30. The zero-order valence-electron chi connectivity index (χ0n) is 32.5. The molecule has 0 nitrogen and oxygen atoms in total. The Kier molecular flexibility index (Phi) is 19.5. The average molecular weight is 1060 g/mol. The van der Waals surface area contributed by atoms with Crippen molar-refractivity contribution in [1.82, 2.24) is 0 Å². The molecule has 1 radical (unpaired) electrons. The van der Waals surface area contributed by atoms with Gasteiger partial charge in [0.25, 0.3) is 0 Å². The molecule has 0 saturated carbocycles. The summed E-state index contributed by atoms with van der Waals surface area (Å²) < 4.78 is 13.3. The van der Waals surface area contributed by atoms with E-state index in [9.17, 15) is 0 Å². The minimum atomic E-state index is -1.39. The molecule has 0 aliphatic rings. The number of hydrogen-bond donors (Lipinski definition) is 0. The second-order valence-electron chi connectivity index (χ2n) is 13.0. The third-order valence-corrected chi connectivity index (χ3v) is 24.5. The summed E-state index contributed by atoms with van der Waals surface area (Å²) in [5.41, 5.74) is 0. The molecular formula is C54H45As3ClRh-. The molecule has 0 heterocycles. The summed E-state index contributed by atoms with van der Waals surface area (Å²) in [5, 5.41) is 0. The van der Waals surface area contributed by atoms with E-state index >= 15 is 0 Å². The monoisotopic (exact) mass is 1060 g/mol. The summed E-state index contributed by atoms with van der Waals surface area (Å²) >= 11 is -4.17. The molecule has 293 valence electrons. The van der Waals surface area contributed by atoms with Crippen LogP contribution in [0.5, 0.6) is 0 Å². The van der Waals surface area contributed by atoms with Crippen LogP contribution in [0.4, 0.5) is 0 Å². The van der Waals surface area contributed by atoms with Crippen LogP contribution in [-0.4, -0.2) is 44.0 Å². The second kappa shape index (κ2) is 25.3. The summed E-state index contributed by atoms with van der Waals surface area (Å²) in [7, 11) is 0. The molecule has 0 N–H and O–H groups in total. The van der Waals surface area contributed by atoms with Crippen LogP contribution < -0.4 is 51.6 Å². The first-order chi connectivity index (χ1) is 28.3. The van der Waals surface area contributed by atoms with E-state index in [1.54, 1.807) is 0 Å². The van der Waals surface area contributed by atoms with Crippen LogP contribution in [0, 0.1) is 0 Å². The van der Waals surface area contributed by atoms with Gasteiger partial charge in [-0.1, -0.05) is 0 Å². The first kappa shape index (κ1) is 45.6. The van der Waals surface area contributed by atoms with Crippen molar-refractivity contribution in [1.29, 1.82) is 0 Å². The van der Waals surface area contributed by atoms with Gasteiger partial charge in [0, 0.05) is 19.5 Å². The van der Waals surface area contributed by atoms with Crippen molar-refractivity contribution < 1.29 is 31.9 Å². The molecule has 9 aromatic rings. The Labute approximate surface area is 384 Å². The van der Waals surface area contributed by atoms with Crippen molar-refractivity contribution in [2.24, 2.45) is 0 Å². The van der Waals surface area contributed by atoms with E-state index in [4.69, 9.17) is 0 Å². The molecule has 9 rings (SSSR count). The quantitative estimate of drug-likeness (QED) is 0.194. The van der Waals surface area contributed by atoms with E-state index in [-0.39, 0.29) is 31.9 Å². The van der Waals surface area contributed by atoms with Crippen LogP contribution >= 0.6 is 0 Å². The molecule has 0 atom stereocenters. The Morgan fingerprint density at radius 3 is 0.322 bits per heavy atom. The van der Waals surface area contributed by atoms with E-state index in [0.29, 0.717) is 0 Å². The fourth-order valence-corrected chi connectivity index (χ4v) is 21.0. The first-order valence-electron chi connectivity index (χ1n) is 19.2. The van der Waals surface area contributed by atoms with Gasteiger partial charge in [-0.3, -0.25) is 0 Å². The normalized spacial score (nSPS) is 10.2. The van der Waals surface area contributed by atoms with E-state index in [0.717, 1.165) is 0 Å². The Morgan fingerprint density at radius 1 is 0.153 bits per heavy atom. The molecular weight excluding hydrogens is 1010 g/mol. The molecule has 59 heavy (non-hydrogen) atoms. The SMILES string of the molecule is [Cl-].[Rh].c1ccc([As](c2ccccc2)c2ccccc2)cc1.c1ccc([As](c2ccccc2)c2ccccc2)cc1.c1ccc([As](c2ccccc2)c2ccccc2)cc1. The summed E-state index contributed by atoms with van der Waals surface area (Å²) in [6, 6.07) is 98.1. The van der Waals surface area contributed by atoms with E-state index in [1.807, 2.05) is 0 Å². The Hall–Kier alpha value is -4.43. The van der Waals surface area contributed by atoms with Crippen LogP contribution in [0.15, 0.2) is 273 Å². The number of rotatable bonds is 9. The van der Waals surface area contributed by atoms with Crippen molar-refractivity contribution in [2.75, 3.05) is 0 Å². The molecule has 0 unspecified atom stereocenters. The molecule has 0 saturated heterocycles. The van der Waals surface area contributed by atoms with Crippen LogP contribution in [0.3, 0.4) is 0 Å². The van der Waals surface area contributed by atoms with Crippen LogP contribution in [0.25, 0.3) is 0 Å². The van der Waals surface area contributed by atoms with Crippen molar-refractivity contribution in [2.45, 2.75) is 0 Å². The molecule has 0 bridgehead atoms. The molecule has 0 aliphatic heterocycles. The summed E-state index contributed by atoms with van der Waals surface area (Å²) in [5.74, 6) is 0. The topological polar surface area (TPSA) is 0 Å². The van der Waals surface area contributed by atoms with Gasteiger partial charge in [-0.15, -0.1) is 0 Å². The van der Waals surface area contributed by atoms with Crippen molar-refractivity contribution >= 4 is 83.1 Å². The first-order valence-corrected chi connectivity index (χ1v) is 27.7. The third-order valence-electron chi connectivity index (χ3n) is 9.13. The maximum atomic E-state index is 2.26. The summed E-state index contributed by atoms with van der Waals surface area (Å²) in [6.07, 6.45) is 0. The van der Waals surface area contributed by atoms with Gasteiger partial charge in [-0.25, -0.2) is 0 Å². The number of benzene rings is 9. The predicted molar refractivity (Wildman–Crippen MR) is 252 cm³/mol. The van der Waals surface area contributed by atoms with Crippen LogP contribution in [-0.2, 0) is 19.5 Å². The molecule has 9 aromatic carbocycles. The van der Waals surface area contributed by atoms with E-state index in [2.05, 4.69) is 273 Å². The number of halogens is 1. The van der Waals surface area contributed by atoms with Crippen LogP contribution in [0.2, 0.25) is 0 Å². The molecule has 0 spiro atoms. The van der Waals surface area contributed by atoms with Gasteiger partial charge >= 0.3 is 356 Å². The van der Waals surface area contributed by atoms with Gasteiger partial charge in [0.15, 0.2) is 0 Å². The van der Waals surface area contributed by atoms with Gasteiger partial charge in [-0.05, 0) is 0 Å². The fourth-order valence-electron chi connectivity index (χ4n) is 6.54. The van der Waals surface area contributed by atoms with E-state index < -0.39 is 44.0 Å². The molecule has 0 aliphatic carbocycles. The van der Waals surface area contributed by atoms with E-state index in [1.165, 1.54) is 39.2 Å². The Morgan fingerprint density at radius 2 is 0.237 bits per heavy atom. The van der Waals surface area contributed by atoms with Gasteiger partial charge in [0.1, 0.15) is 0 Å². The van der Waals surface area contributed by atoms with Crippen molar-refractivity contribution in [3.63, 3.8) is 0 Å². The molecule has 0 fully saturated rings. The molecule has 5 heteroatoms. The Bertz CT molecular complexity index is 1870. The molecule has 0 aromatic heterocycles. The summed E-state index contributed by atoms with van der Waals surface area (Å²) in [4.78, 5) is 0. The van der Waals surface area contributed by atoms with Gasteiger partial charge in [-0.2, -0.15) is 0 Å². The van der Waals surface area contributed by atoms with Crippen molar-refractivity contribution in [3.8, 4) is 0 Å². The van der Waals surface area contributed by atoms with Gasteiger partial charge in [0.2, 0.25) is 0 Å². The zero-order valence-corrected chi connectivity index (χ0v) is 40.6. The third kappa shape index (κ3) is 13.3. The second-order valence-corrected chi connectivity index (χ2v) is 27.0. The maximum absolute atomic E-state index is 2.26.